The van der Waals surface area contributed by atoms with Gasteiger partial charge in [0, 0.05) is 27.4 Å². The lowest BCUT2D eigenvalue weighted by molar-refractivity contribution is -0.253. The average Bonchev–Trinajstić information content (AvgIpc) is 3.50. The van der Waals surface area contributed by atoms with Crippen LogP contribution in [-0.2, 0) is 10.2 Å². The van der Waals surface area contributed by atoms with Gasteiger partial charge in [-0.1, -0.05) is 39.3 Å². The molecule has 1 atom stereocenters. The summed E-state index contributed by atoms with van der Waals surface area (Å²) in [5.41, 5.74) is -4.35. The van der Waals surface area contributed by atoms with Crippen molar-refractivity contribution >= 4 is 38.3 Å². The zero-order chi connectivity index (χ0) is 23.3. The van der Waals surface area contributed by atoms with Crippen LogP contribution in [0.15, 0.2) is 56.3 Å². The zero-order valence-electron chi connectivity index (χ0n) is 16.8. The first-order valence-electron chi connectivity index (χ1n) is 9.73. The van der Waals surface area contributed by atoms with E-state index in [9.17, 15) is 27.9 Å². The predicted octanol–water partition coefficient (Wildman–Crippen LogP) is 4.61. The summed E-state index contributed by atoms with van der Waals surface area (Å²) in [7, 11) is 0. The molecule has 1 aliphatic carbocycles. The summed E-state index contributed by atoms with van der Waals surface area (Å²) in [5, 5.41) is 16.9. The second-order valence-corrected chi connectivity index (χ2v) is 8.92. The number of fused-ring (bicyclic) bond motifs is 1. The van der Waals surface area contributed by atoms with E-state index in [4.69, 9.17) is 0 Å². The number of carbonyl (C=O) groups is 1. The van der Waals surface area contributed by atoms with E-state index >= 15 is 0 Å². The molecule has 0 aliphatic heterocycles. The van der Waals surface area contributed by atoms with Gasteiger partial charge in [-0.2, -0.15) is 13.2 Å². The molecule has 0 bridgehead atoms. The molecule has 1 heterocycles. The molecule has 2 aromatic carbocycles. The van der Waals surface area contributed by atoms with Crippen LogP contribution >= 0.6 is 15.9 Å². The largest absolute Gasteiger partial charge is 0.426 e. The smallest absolute Gasteiger partial charge is 0.373 e. The Hall–Kier alpha value is -2.72. The van der Waals surface area contributed by atoms with E-state index in [-0.39, 0.29) is 11.1 Å². The van der Waals surface area contributed by atoms with Crippen LogP contribution in [0.4, 0.5) is 18.9 Å². The Kier molecular flexibility index (Phi) is 5.41. The van der Waals surface area contributed by atoms with Crippen LogP contribution < -0.4 is 10.9 Å². The van der Waals surface area contributed by atoms with Crippen molar-refractivity contribution in [2.24, 2.45) is 0 Å². The Morgan fingerprint density at radius 3 is 2.53 bits per heavy atom. The molecule has 4 rings (SSSR count). The quantitative estimate of drug-likeness (QED) is 0.522. The Balaban J connectivity index is 1.68. The standard InChI is InChI=1S/C22H18BrF3N2O4/c1-12-15-10-13(6-7-14(15)18(29)32-28-12)27-19(30)21(31,22(24,25)26)11-20(8-9-20)16-4-2-3-5-17(16)23/h2-7,10,31H,8-9,11H2,1H3,(H,27,30). The highest BCUT2D eigenvalue weighted by Crippen LogP contribution is 2.57. The minimum atomic E-state index is -5.21. The number of hydrogen-bond donors (Lipinski definition) is 2. The molecule has 1 saturated carbocycles. The van der Waals surface area contributed by atoms with Crippen LogP contribution in [0.2, 0.25) is 0 Å². The second kappa shape index (κ2) is 7.70. The lowest BCUT2D eigenvalue weighted by Gasteiger charge is -2.33. The molecular formula is C22H18BrF3N2O4. The number of nitrogens with zero attached hydrogens (tertiary/aromatic N) is 1. The van der Waals surface area contributed by atoms with Crippen molar-refractivity contribution in [2.45, 2.75) is 43.4 Å². The fraction of sp³-hybridized carbons (Fsp3) is 0.318. The van der Waals surface area contributed by atoms with Crippen LogP contribution in [0, 0.1) is 6.92 Å². The summed E-state index contributed by atoms with van der Waals surface area (Å²) in [4.78, 5) is 24.6. The first-order chi connectivity index (χ1) is 15.0. The van der Waals surface area contributed by atoms with Crippen LogP contribution in [0.3, 0.4) is 0 Å². The maximum atomic E-state index is 14.0. The highest BCUT2D eigenvalue weighted by molar-refractivity contribution is 9.10. The Labute approximate surface area is 188 Å². The number of alkyl halides is 3. The van der Waals surface area contributed by atoms with E-state index < -0.39 is 35.1 Å². The first kappa shape index (κ1) is 22.5. The van der Waals surface area contributed by atoms with E-state index in [2.05, 4.69) is 30.9 Å². The molecular weight excluding hydrogens is 493 g/mol. The summed E-state index contributed by atoms with van der Waals surface area (Å²) in [6, 6.07) is 10.8. The molecule has 32 heavy (non-hydrogen) atoms. The number of aliphatic hydroxyl groups is 1. The monoisotopic (exact) mass is 510 g/mol. The number of carbonyl (C=O) groups excluding carboxylic acids is 1. The van der Waals surface area contributed by atoms with Gasteiger partial charge in [-0.25, -0.2) is 4.79 Å². The normalized spacial score (nSPS) is 17.1. The summed E-state index contributed by atoms with van der Waals surface area (Å²) in [6.45, 7) is 1.55. The van der Waals surface area contributed by atoms with E-state index in [1.807, 2.05) is 0 Å². The molecule has 168 valence electrons. The fourth-order valence-electron chi connectivity index (χ4n) is 3.92. The molecule has 3 aromatic rings. The van der Waals surface area contributed by atoms with Crippen LogP contribution in [0.5, 0.6) is 0 Å². The number of halogens is 4. The maximum absolute atomic E-state index is 14.0. The van der Waals surface area contributed by atoms with Crippen molar-refractivity contribution in [3.05, 3.63) is 68.6 Å². The summed E-state index contributed by atoms with van der Waals surface area (Å²) in [6.07, 6.45) is -5.19. The molecule has 1 amide bonds. The SMILES string of the molecule is Cc1noc(=O)c2ccc(NC(=O)C(O)(CC3(c4ccccc4Br)CC3)C(F)(F)F)cc12. The van der Waals surface area contributed by atoms with Gasteiger partial charge in [0.15, 0.2) is 0 Å². The van der Waals surface area contributed by atoms with E-state index in [1.54, 1.807) is 31.2 Å². The number of benzene rings is 2. The highest BCUT2D eigenvalue weighted by atomic mass is 79.9. The summed E-state index contributed by atoms with van der Waals surface area (Å²) < 4.78 is 47.3. The van der Waals surface area contributed by atoms with Crippen LogP contribution in [-0.4, -0.2) is 27.9 Å². The highest BCUT2D eigenvalue weighted by Gasteiger charge is 2.65. The van der Waals surface area contributed by atoms with Crippen molar-refractivity contribution in [2.75, 3.05) is 5.32 Å². The van der Waals surface area contributed by atoms with E-state index in [1.165, 1.54) is 18.2 Å². The van der Waals surface area contributed by atoms with Crippen molar-refractivity contribution < 1.29 is 27.6 Å². The molecule has 1 aliphatic rings. The number of anilines is 1. The van der Waals surface area contributed by atoms with Gasteiger partial charge < -0.3 is 14.9 Å². The Bertz CT molecular complexity index is 1270. The predicted molar refractivity (Wildman–Crippen MR) is 114 cm³/mol. The molecule has 10 heteroatoms. The summed E-state index contributed by atoms with van der Waals surface area (Å²) in [5.74, 6) is -1.59. The van der Waals surface area contributed by atoms with Crippen molar-refractivity contribution in [3.8, 4) is 0 Å². The topological polar surface area (TPSA) is 92.4 Å². The van der Waals surface area contributed by atoms with Crippen molar-refractivity contribution in [3.63, 3.8) is 0 Å². The molecule has 0 saturated heterocycles. The van der Waals surface area contributed by atoms with Crippen molar-refractivity contribution in [1.82, 2.24) is 5.16 Å². The molecule has 1 fully saturated rings. The number of rotatable bonds is 5. The number of amides is 1. The Morgan fingerprint density at radius 1 is 1.22 bits per heavy atom. The number of aryl methyl sites for hydroxylation is 1. The number of nitrogens with one attached hydrogen (secondary N) is 1. The maximum Gasteiger partial charge on any atom is 0.426 e. The van der Waals surface area contributed by atoms with Crippen LogP contribution in [0.1, 0.15) is 30.5 Å². The molecule has 0 radical (unpaired) electrons. The van der Waals surface area contributed by atoms with Gasteiger partial charge in [-0.3, -0.25) is 4.79 Å². The first-order valence-corrected chi connectivity index (χ1v) is 10.5. The molecule has 2 N–H and O–H groups in total. The molecule has 1 unspecified atom stereocenters. The summed E-state index contributed by atoms with van der Waals surface area (Å²) >= 11 is 3.35. The minimum Gasteiger partial charge on any atom is -0.373 e. The van der Waals surface area contributed by atoms with Gasteiger partial charge in [0.2, 0.25) is 5.60 Å². The number of aromatic nitrogens is 1. The van der Waals surface area contributed by atoms with Crippen molar-refractivity contribution in [1.29, 1.82) is 0 Å². The third-order valence-corrected chi connectivity index (χ3v) is 6.58. The Morgan fingerprint density at radius 2 is 1.91 bits per heavy atom. The van der Waals surface area contributed by atoms with Crippen LogP contribution in [0.25, 0.3) is 10.8 Å². The third-order valence-electron chi connectivity index (χ3n) is 5.89. The molecule has 0 spiro atoms. The minimum absolute atomic E-state index is 0.00795. The van der Waals surface area contributed by atoms with E-state index in [0.29, 0.717) is 34.0 Å². The average molecular weight is 511 g/mol. The third kappa shape index (κ3) is 3.81. The fourth-order valence-corrected chi connectivity index (χ4v) is 4.63. The van der Waals surface area contributed by atoms with Gasteiger partial charge >= 0.3 is 11.8 Å². The molecule has 1 aromatic heterocycles. The van der Waals surface area contributed by atoms with E-state index in [0.717, 1.165) is 0 Å². The van der Waals surface area contributed by atoms with Gasteiger partial charge in [0.1, 0.15) is 0 Å². The lowest BCUT2D eigenvalue weighted by Crippen LogP contribution is -2.56. The van der Waals surface area contributed by atoms with Gasteiger partial charge in [0.05, 0.1) is 11.1 Å². The van der Waals surface area contributed by atoms with Gasteiger partial charge in [-0.05, 0) is 49.6 Å². The second-order valence-electron chi connectivity index (χ2n) is 8.06. The molecule has 6 nitrogen and oxygen atoms in total. The lowest BCUT2D eigenvalue weighted by atomic mass is 9.82. The number of hydrogen-bond acceptors (Lipinski definition) is 5. The van der Waals surface area contributed by atoms with Gasteiger partial charge in [-0.15, -0.1) is 0 Å². The van der Waals surface area contributed by atoms with Gasteiger partial charge in [0.25, 0.3) is 5.91 Å². The zero-order valence-corrected chi connectivity index (χ0v) is 18.4.